The number of hydrogen-bond acceptors (Lipinski definition) is 6. The second-order valence-corrected chi connectivity index (χ2v) is 6.82. The van der Waals surface area contributed by atoms with Crippen molar-refractivity contribution in [2.75, 3.05) is 6.61 Å². The lowest BCUT2D eigenvalue weighted by Crippen LogP contribution is -2.42. The minimum absolute atomic E-state index is 0.183. The van der Waals surface area contributed by atoms with Gasteiger partial charge in [-0.25, -0.2) is 0 Å². The molecular weight excluding hydrogens is 352 g/mol. The molecule has 3 rings (SSSR count). The molecule has 0 saturated carbocycles. The number of aryl methyl sites for hydroxylation is 2. The van der Waals surface area contributed by atoms with Crippen molar-refractivity contribution in [3.8, 4) is 11.3 Å². The fourth-order valence-corrected chi connectivity index (χ4v) is 3.21. The van der Waals surface area contributed by atoms with Gasteiger partial charge in [-0.05, 0) is 48.6 Å². The van der Waals surface area contributed by atoms with E-state index in [1.807, 2.05) is 26.0 Å². The number of aliphatic hydroxyl groups is 4. The summed E-state index contributed by atoms with van der Waals surface area (Å²) in [4.78, 5) is 26.3. The highest BCUT2D eigenvalue weighted by Gasteiger charge is 2.26. The fourth-order valence-electron chi connectivity index (χ4n) is 3.21. The third-order valence-electron chi connectivity index (χ3n) is 4.89. The normalized spacial score (nSPS) is 15.2. The molecule has 0 aliphatic carbocycles. The molecule has 5 N–H and O–H groups in total. The van der Waals surface area contributed by atoms with E-state index in [0.717, 1.165) is 16.5 Å². The Balaban J connectivity index is 2.28. The van der Waals surface area contributed by atoms with Crippen LogP contribution in [0.1, 0.15) is 11.1 Å². The topological polar surface area (TPSA) is 136 Å². The van der Waals surface area contributed by atoms with Crippen LogP contribution in [-0.2, 0) is 6.54 Å². The van der Waals surface area contributed by atoms with Crippen molar-refractivity contribution in [3.63, 3.8) is 0 Å². The van der Waals surface area contributed by atoms with E-state index in [0.29, 0.717) is 11.2 Å². The summed E-state index contributed by atoms with van der Waals surface area (Å²) < 4.78 is 1.58. The maximum absolute atomic E-state index is 12.3. The molecular formula is C19H22N2O6. The summed E-state index contributed by atoms with van der Waals surface area (Å²) in [5.74, 6) is 0. The summed E-state index contributed by atoms with van der Waals surface area (Å²) in [5.41, 5.74) is 2.13. The van der Waals surface area contributed by atoms with Crippen LogP contribution in [0.5, 0.6) is 0 Å². The van der Waals surface area contributed by atoms with Gasteiger partial charge in [-0.1, -0.05) is 0 Å². The maximum Gasteiger partial charge on any atom is 0.260 e. The van der Waals surface area contributed by atoms with Gasteiger partial charge in [-0.3, -0.25) is 14.6 Å². The number of benzene rings is 1. The number of aliphatic hydroxyl groups excluding tert-OH is 4. The molecule has 2 heterocycles. The van der Waals surface area contributed by atoms with Crippen molar-refractivity contribution in [3.05, 3.63) is 56.1 Å². The zero-order chi connectivity index (χ0) is 19.9. The molecule has 0 fully saturated rings. The Morgan fingerprint density at radius 3 is 2.33 bits per heavy atom. The zero-order valence-corrected chi connectivity index (χ0v) is 15.0. The monoisotopic (exact) mass is 374 g/mol. The molecule has 0 amide bonds. The predicted molar refractivity (Wildman–Crippen MR) is 100 cm³/mol. The highest BCUT2D eigenvalue weighted by Crippen LogP contribution is 2.28. The van der Waals surface area contributed by atoms with Crippen molar-refractivity contribution < 1.29 is 20.4 Å². The van der Waals surface area contributed by atoms with Crippen LogP contribution in [0, 0.1) is 13.8 Å². The summed E-state index contributed by atoms with van der Waals surface area (Å²) in [5, 5.41) is 39.7. The van der Waals surface area contributed by atoms with Crippen LogP contribution in [0.15, 0.2) is 33.9 Å². The Labute approximate surface area is 154 Å². The smallest absolute Gasteiger partial charge is 0.260 e. The number of pyridine rings is 2. The molecule has 1 aromatic carbocycles. The summed E-state index contributed by atoms with van der Waals surface area (Å²) in [6, 6.07) is 6.71. The van der Waals surface area contributed by atoms with Crippen molar-refractivity contribution in [1.29, 1.82) is 0 Å². The number of nitrogens with zero attached hydrogens (tertiary/aromatic N) is 1. The summed E-state index contributed by atoms with van der Waals surface area (Å²) in [7, 11) is 0. The molecule has 0 bridgehead atoms. The lowest BCUT2D eigenvalue weighted by molar-refractivity contribution is -0.0802. The lowest BCUT2D eigenvalue weighted by Gasteiger charge is -2.26. The average molecular weight is 374 g/mol. The Morgan fingerprint density at radius 1 is 1.00 bits per heavy atom. The van der Waals surface area contributed by atoms with Gasteiger partial charge in [-0.15, -0.1) is 0 Å². The standard InChI is InChI=1S/C19H22N2O6/c1-9-3-11-5-12-14(6-17(25)20-19(12)27)21(13(11)4-10(9)2)7-15(23)18(26)16(24)8-22/h3-6,15-16,18,22-24,26H,7-8H2,1-2H3,(H,20,25,27). The highest BCUT2D eigenvalue weighted by atomic mass is 16.4. The number of H-pyrrole nitrogens is 1. The predicted octanol–water partition coefficient (Wildman–Crippen LogP) is -0.514. The van der Waals surface area contributed by atoms with Gasteiger partial charge < -0.3 is 25.0 Å². The third kappa shape index (κ3) is 3.52. The number of aromatic amines is 1. The first-order valence-corrected chi connectivity index (χ1v) is 8.56. The Bertz CT molecular complexity index is 1070. The second kappa shape index (κ2) is 7.24. The molecule has 144 valence electrons. The molecule has 3 atom stereocenters. The number of nitrogens with one attached hydrogen (secondary N) is 1. The lowest BCUT2D eigenvalue weighted by atomic mass is 10.0. The van der Waals surface area contributed by atoms with Gasteiger partial charge in [0, 0.05) is 11.6 Å². The Kier molecular flexibility index (Phi) is 5.16. The van der Waals surface area contributed by atoms with Gasteiger partial charge in [0.1, 0.15) is 18.3 Å². The summed E-state index contributed by atoms with van der Waals surface area (Å²) >= 11 is 0. The molecule has 1 aromatic rings. The van der Waals surface area contributed by atoms with E-state index in [4.69, 9.17) is 5.11 Å². The summed E-state index contributed by atoms with van der Waals surface area (Å²) in [6.07, 6.45) is -4.53. The minimum Gasteiger partial charge on any atom is -0.394 e. The minimum atomic E-state index is -1.59. The van der Waals surface area contributed by atoms with Crippen molar-refractivity contribution in [2.45, 2.75) is 38.7 Å². The molecule has 0 saturated heterocycles. The third-order valence-corrected chi connectivity index (χ3v) is 4.89. The van der Waals surface area contributed by atoms with Crippen molar-refractivity contribution in [2.24, 2.45) is 0 Å². The van der Waals surface area contributed by atoms with Crippen molar-refractivity contribution >= 4 is 10.9 Å². The highest BCUT2D eigenvalue weighted by molar-refractivity contribution is 5.87. The second-order valence-electron chi connectivity index (χ2n) is 6.82. The van der Waals surface area contributed by atoms with Crippen LogP contribution < -0.4 is 11.1 Å². The van der Waals surface area contributed by atoms with Crippen LogP contribution in [0.3, 0.4) is 0 Å². The van der Waals surface area contributed by atoms with E-state index in [1.54, 1.807) is 10.6 Å². The van der Waals surface area contributed by atoms with Gasteiger partial charge in [0.25, 0.3) is 11.1 Å². The Morgan fingerprint density at radius 2 is 1.67 bits per heavy atom. The number of fused-ring (bicyclic) bond motifs is 2. The van der Waals surface area contributed by atoms with E-state index in [9.17, 15) is 24.9 Å². The zero-order valence-electron chi connectivity index (χ0n) is 15.0. The molecule has 27 heavy (non-hydrogen) atoms. The van der Waals surface area contributed by atoms with Crippen LogP contribution >= 0.6 is 0 Å². The Hall–Kier alpha value is -2.52. The van der Waals surface area contributed by atoms with Gasteiger partial charge in [0.05, 0.1) is 24.4 Å². The molecule has 3 unspecified atom stereocenters. The first-order chi connectivity index (χ1) is 12.7. The van der Waals surface area contributed by atoms with E-state index >= 15 is 0 Å². The van der Waals surface area contributed by atoms with E-state index in [1.165, 1.54) is 6.07 Å². The molecule has 0 radical (unpaired) electrons. The maximum atomic E-state index is 12.3. The number of rotatable bonds is 5. The SMILES string of the molecule is Cc1cc2cc3c(=O)[nH]c(=O)cc-3n(CC(O)C(O)C(O)CO)c2cc1C. The van der Waals surface area contributed by atoms with Gasteiger partial charge in [-0.2, -0.15) is 0 Å². The molecule has 0 spiro atoms. The van der Waals surface area contributed by atoms with Crippen LogP contribution in [-0.4, -0.2) is 54.9 Å². The molecule has 2 aliphatic rings. The largest absolute Gasteiger partial charge is 0.394 e. The van der Waals surface area contributed by atoms with E-state index in [2.05, 4.69) is 4.98 Å². The first-order valence-electron chi connectivity index (χ1n) is 8.56. The number of hydrogen-bond donors (Lipinski definition) is 5. The molecule has 2 aliphatic heterocycles. The average Bonchev–Trinajstić information content (AvgIpc) is 2.62. The van der Waals surface area contributed by atoms with E-state index < -0.39 is 36.0 Å². The molecule has 0 aromatic heterocycles. The van der Waals surface area contributed by atoms with Crippen LogP contribution in [0.25, 0.3) is 22.2 Å². The van der Waals surface area contributed by atoms with E-state index in [-0.39, 0.29) is 12.1 Å². The molecule has 8 nitrogen and oxygen atoms in total. The van der Waals surface area contributed by atoms with Gasteiger partial charge >= 0.3 is 0 Å². The quantitative estimate of drug-likeness (QED) is 0.382. The summed E-state index contributed by atoms with van der Waals surface area (Å²) in [6.45, 7) is 2.96. The first kappa shape index (κ1) is 19.2. The van der Waals surface area contributed by atoms with Crippen LogP contribution in [0.2, 0.25) is 0 Å². The van der Waals surface area contributed by atoms with Gasteiger partial charge in [0.15, 0.2) is 0 Å². The fraction of sp³-hybridized carbons (Fsp3) is 0.368. The molecule has 8 heteroatoms. The number of aromatic nitrogens is 2. The van der Waals surface area contributed by atoms with Crippen LogP contribution in [0.4, 0.5) is 0 Å². The van der Waals surface area contributed by atoms with Crippen molar-refractivity contribution in [1.82, 2.24) is 9.55 Å². The van der Waals surface area contributed by atoms with Gasteiger partial charge in [0.2, 0.25) is 0 Å².